The summed E-state index contributed by atoms with van der Waals surface area (Å²) < 4.78 is 11.3. The molecule has 0 atom stereocenters. The summed E-state index contributed by atoms with van der Waals surface area (Å²) in [6, 6.07) is 8.56. The number of likely N-dealkylation sites (N-methyl/N-ethyl adjacent to an activating group) is 1. The Hall–Kier alpha value is -1.10. The zero-order valence-electron chi connectivity index (χ0n) is 10.6. The standard InChI is InChI=1S/C13H20N2O2/c1-14-11-8-16-13(17-9-11)10-4-6-12(7-5-10)15(2)3/h4-7,11,13-14H,8-9H2,1-3H3. The summed E-state index contributed by atoms with van der Waals surface area (Å²) in [5.74, 6) is 0. The Labute approximate surface area is 103 Å². The van der Waals surface area contributed by atoms with Crippen LogP contribution in [0.3, 0.4) is 0 Å². The molecule has 1 aromatic carbocycles. The Kier molecular flexibility index (Phi) is 3.99. The first-order chi connectivity index (χ1) is 8.20. The minimum Gasteiger partial charge on any atom is -0.378 e. The van der Waals surface area contributed by atoms with Gasteiger partial charge in [-0.2, -0.15) is 0 Å². The highest BCUT2D eigenvalue weighted by atomic mass is 16.7. The fourth-order valence-electron chi connectivity index (χ4n) is 1.79. The van der Waals surface area contributed by atoms with Crippen molar-refractivity contribution in [3.63, 3.8) is 0 Å². The Morgan fingerprint density at radius 2 is 1.71 bits per heavy atom. The molecule has 17 heavy (non-hydrogen) atoms. The van der Waals surface area contributed by atoms with Gasteiger partial charge in [-0.3, -0.25) is 0 Å². The lowest BCUT2D eigenvalue weighted by Crippen LogP contribution is -2.40. The number of rotatable bonds is 3. The van der Waals surface area contributed by atoms with Gasteiger partial charge in [0.1, 0.15) is 0 Å². The second-order valence-corrected chi connectivity index (χ2v) is 4.47. The van der Waals surface area contributed by atoms with Crippen molar-refractivity contribution in [3.8, 4) is 0 Å². The molecule has 0 aliphatic carbocycles. The zero-order valence-corrected chi connectivity index (χ0v) is 10.6. The van der Waals surface area contributed by atoms with E-state index in [4.69, 9.17) is 9.47 Å². The molecule has 1 fully saturated rings. The minimum absolute atomic E-state index is 0.226. The molecule has 94 valence electrons. The molecule has 0 saturated carbocycles. The van der Waals surface area contributed by atoms with E-state index in [2.05, 4.69) is 34.5 Å². The molecule has 2 rings (SSSR count). The van der Waals surface area contributed by atoms with Crippen molar-refractivity contribution in [3.05, 3.63) is 29.8 Å². The molecule has 0 radical (unpaired) electrons. The third-order valence-electron chi connectivity index (χ3n) is 2.99. The summed E-state index contributed by atoms with van der Waals surface area (Å²) in [6.07, 6.45) is -0.226. The Morgan fingerprint density at radius 1 is 1.12 bits per heavy atom. The molecule has 4 heteroatoms. The van der Waals surface area contributed by atoms with Crippen molar-refractivity contribution in [1.29, 1.82) is 0 Å². The molecule has 1 N–H and O–H groups in total. The van der Waals surface area contributed by atoms with Crippen LogP contribution in [-0.2, 0) is 9.47 Å². The van der Waals surface area contributed by atoms with Crippen molar-refractivity contribution < 1.29 is 9.47 Å². The van der Waals surface area contributed by atoms with E-state index < -0.39 is 0 Å². The van der Waals surface area contributed by atoms with E-state index in [0.717, 1.165) is 5.56 Å². The molecule has 0 bridgehead atoms. The van der Waals surface area contributed by atoms with Crippen LogP contribution in [0.5, 0.6) is 0 Å². The smallest absolute Gasteiger partial charge is 0.183 e. The van der Waals surface area contributed by atoms with Gasteiger partial charge < -0.3 is 19.7 Å². The van der Waals surface area contributed by atoms with Crippen LogP contribution in [0.25, 0.3) is 0 Å². The average Bonchev–Trinajstić information content (AvgIpc) is 2.39. The number of hydrogen-bond acceptors (Lipinski definition) is 4. The molecule has 1 heterocycles. The number of benzene rings is 1. The van der Waals surface area contributed by atoms with Gasteiger partial charge in [0.05, 0.1) is 19.3 Å². The molecule has 0 amide bonds. The normalized spacial score (nSPS) is 24.6. The van der Waals surface area contributed by atoms with E-state index >= 15 is 0 Å². The predicted octanol–water partition coefficient (Wildman–Crippen LogP) is 1.39. The summed E-state index contributed by atoms with van der Waals surface area (Å²) in [5, 5.41) is 3.14. The second-order valence-electron chi connectivity index (χ2n) is 4.47. The van der Waals surface area contributed by atoms with Gasteiger partial charge in [0.15, 0.2) is 6.29 Å². The molecule has 1 aliphatic rings. The SMILES string of the molecule is CNC1COC(c2ccc(N(C)C)cc2)OC1. The molecule has 4 nitrogen and oxygen atoms in total. The van der Waals surface area contributed by atoms with Gasteiger partial charge in [0, 0.05) is 25.3 Å². The summed E-state index contributed by atoms with van der Waals surface area (Å²) in [4.78, 5) is 2.07. The Bertz CT molecular complexity index is 343. The summed E-state index contributed by atoms with van der Waals surface area (Å²) >= 11 is 0. The monoisotopic (exact) mass is 236 g/mol. The highest BCUT2D eigenvalue weighted by Gasteiger charge is 2.22. The summed E-state index contributed by atoms with van der Waals surface area (Å²) in [6.45, 7) is 1.38. The van der Waals surface area contributed by atoms with Gasteiger partial charge in [-0.1, -0.05) is 12.1 Å². The van der Waals surface area contributed by atoms with E-state index in [9.17, 15) is 0 Å². The van der Waals surface area contributed by atoms with E-state index in [1.54, 1.807) is 0 Å². The predicted molar refractivity (Wildman–Crippen MR) is 68.3 cm³/mol. The molecule has 0 aromatic heterocycles. The fourth-order valence-corrected chi connectivity index (χ4v) is 1.79. The summed E-state index contributed by atoms with van der Waals surface area (Å²) in [5.41, 5.74) is 2.25. The number of hydrogen-bond donors (Lipinski definition) is 1. The molecule has 1 aliphatic heterocycles. The van der Waals surface area contributed by atoms with Crippen molar-refractivity contribution in [2.24, 2.45) is 0 Å². The first-order valence-corrected chi connectivity index (χ1v) is 5.88. The van der Waals surface area contributed by atoms with Crippen LogP contribution in [0.1, 0.15) is 11.9 Å². The van der Waals surface area contributed by atoms with Crippen LogP contribution in [-0.4, -0.2) is 40.4 Å². The summed E-state index contributed by atoms with van der Waals surface area (Å²) in [7, 11) is 5.98. The van der Waals surface area contributed by atoms with Crippen LogP contribution >= 0.6 is 0 Å². The van der Waals surface area contributed by atoms with Crippen LogP contribution in [0, 0.1) is 0 Å². The van der Waals surface area contributed by atoms with Gasteiger partial charge >= 0.3 is 0 Å². The van der Waals surface area contributed by atoms with Crippen molar-refractivity contribution in [2.45, 2.75) is 12.3 Å². The van der Waals surface area contributed by atoms with Crippen LogP contribution in [0.2, 0.25) is 0 Å². The Morgan fingerprint density at radius 3 is 2.18 bits per heavy atom. The molecule has 0 unspecified atom stereocenters. The van der Waals surface area contributed by atoms with Crippen LogP contribution in [0.15, 0.2) is 24.3 Å². The maximum atomic E-state index is 5.67. The van der Waals surface area contributed by atoms with Crippen LogP contribution in [0.4, 0.5) is 5.69 Å². The largest absolute Gasteiger partial charge is 0.378 e. The first kappa shape index (κ1) is 12.4. The third-order valence-corrected chi connectivity index (χ3v) is 2.99. The second kappa shape index (κ2) is 5.49. The van der Waals surface area contributed by atoms with Crippen LogP contribution < -0.4 is 10.2 Å². The average molecular weight is 236 g/mol. The molecular formula is C13H20N2O2. The van der Waals surface area contributed by atoms with Gasteiger partial charge in [0.2, 0.25) is 0 Å². The highest BCUT2D eigenvalue weighted by molar-refractivity contribution is 5.46. The first-order valence-electron chi connectivity index (χ1n) is 5.88. The van der Waals surface area contributed by atoms with Gasteiger partial charge in [-0.15, -0.1) is 0 Å². The molecule has 1 saturated heterocycles. The lowest BCUT2D eigenvalue weighted by Gasteiger charge is -2.29. The van der Waals surface area contributed by atoms with E-state index in [0.29, 0.717) is 19.3 Å². The van der Waals surface area contributed by atoms with Gasteiger partial charge in [0.25, 0.3) is 0 Å². The zero-order chi connectivity index (χ0) is 12.3. The van der Waals surface area contributed by atoms with E-state index in [-0.39, 0.29) is 6.29 Å². The van der Waals surface area contributed by atoms with Gasteiger partial charge in [-0.05, 0) is 19.2 Å². The van der Waals surface area contributed by atoms with E-state index in [1.807, 2.05) is 21.1 Å². The Balaban J connectivity index is 1.99. The number of nitrogens with zero attached hydrogens (tertiary/aromatic N) is 1. The topological polar surface area (TPSA) is 33.7 Å². The van der Waals surface area contributed by atoms with Gasteiger partial charge in [-0.25, -0.2) is 0 Å². The lowest BCUT2D eigenvalue weighted by molar-refractivity contribution is -0.193. The van der Waals surface area contributed by atoms with Crippen molar-refractivity contribution in [1.82, 2.24) is 5.32 Å². The third kappa shape index (κ3) is 2.97. The van der Waals surface area contributed by atoms with Crippen molar-refractivity contribution >= 4 is 5.69 Å². The lowest BCUT2D eigenvalue weighted by atomic mass is 10.2. The number of nitrogens with one attached hydrogen (secondary N) is 1. The number of anilines is 1. The molecule has 1 aromatic rings. The molecular weight excluding hydrogens is 216 g/mol. The van der Waals surface area contributed by atoms with Crippen molar-refractivity contribution in [2.75, 3.05) is 39.3 Å². The molecule has 0 spiro atoms. The number of ether oxygens (including phenoxy) is 2. The fraction of sp³-hybridized carbons (Fsp3) is 0.538. The maximum absolute atomic E-state index is 5.67. The maximum Gasteiger partial charge on any atom is 0.183 e. The highest BCUT2D eigenvalue weighted by Crippen LogP contribution is 2.24. The van der Waals surface area contributed by atoms with E-state index in [1.165, 1.54) is 5.69 Å². The minimum atomic E-state index is -0.226. The quantitative estimate of drug-likeness (QED) is 0.860.